The minimum atomic E-state index is -1.07. The monoisotopic (exact) mass is 548 g/mol. The fourth-order valence-corrected chi connectivity index (χ4v) is 4.95. The molecule has 0 saturated carbocycles. The van der Waals surface area contributed by atoms with Gasteiger partial charge in [0.15, 0.2) is 11.5 Å². The van der Waals surface area contributed by atoms with E-state index in [1.807, 2.05) is 37.3 Å². The number of hydrazone groups is 1. The van der Waals surface area contributed by atoms with Crippen molar-refractivity contribution in [2.45, 2.75) is 18.2 Å². The summed E-state index contributed by atoms with van der Waals surface area (Å²) in [7, 11) is 3.51. The van der Waals surface area contributed by atoms with Crippen LogP contribution in [-0.4, -0.2) is 43.9 Å². The zero-order valence-corrected chi connectivity index (χ0v) is 23.1. The first-order valence-electron chi connectivity index (χ1n) is 12.0. The van der Waals surface area contributed by atoms with E-state index in [9.17, 15) is 13.4 Å². The van der Waals surface area contributed by atoms with Crippen LogP contribution in [0, 0.1) is 5.82 Å². The van der Waals surface area contributed by atoms with Crippen LogP contribution in [0.4, 0.5) is 4.39 Å². The Morgan fingerprint density at radius 2 is 1.62 bits per heavy atom. The fourth-order valence-electron chi connectivity index (χ4n) is 4.43. The zero-order valence-electron chi connectivity index (χ0n) is 22.3. The van der Waals surface area contributed by atoms with Crippen LogP contribution in [0.5, 0.6) is 17.2 Å². The predicted octanol–water partition coefficient (Wildman–Crippen LogP) is 5.46. The number of carbonyl (C=O) groups excluding carboxylic acids is 1. The molecular formula is C30H29FN2O5S. The third-order valence-corrected chi connectivity index (χ3v) is 7.38. The van der Waals surface area contributed by atoms with E-state index in [2.05, 4.69) is 10.5 Å². The molecule has 1 aliphatic carbocycles. The SMILES string of the molecule is COc1cc(OC)c(OC)cc1/C=N\NC(=O)CC1=C(C)/C(=C/c2ccc(S(C)=O)cc2)c2ccc(F)cc21. The number of carbonyl (C=O) groups is 1. The molecule has 0 bridgehead atoms. The van der Waals surface area contributed by atoms with Crippen LogP contribution < -0.4 is 19.6 Å². The highest BCUT2D eigenvalue weighted by atomic mass is 32.2. The number of hydrogen-bond donors (Lipinski definition) is 1. The first-order valence-corrected chi connectivity index (χ1v) is 13.6. The summed E-state index contributed by atoms with van der Waals surface area (Å²) < 4.78 is 42.0. The summed E-state index contributed by atoms with van der Waals surface area (Å²) in [6.07, 6.45) is 5.09. The highest BCUT2D eigenvalue weighted by Crippen LogP contribution is 2.44. The second-order valence-electron chi connectivity index (χ2n) is 8.79. The summed E-state index contributed by atoms with van der Waals surface area (Å²) in [4.78, 5) is 13.6. The van der Waals surface area contributed by atoms with Crippen molar-refractivity contribution < 1.29 is 27.6 Å². The van der Waals surface area contributed by atoms with Crippen LogP contribution in [0.25, 0.3) is 17.2 Å². The minimum absolute atomic E-state index is 0.00773. The van der Waals surface area contributed by atoms with Gasteiger partial charge in [0.25, 0.3) is 0 Å². The van der Waals surface area contributed by atoms with Crippen molar-refractivity contribution in [3.8, 4) is 17.2 Å². The molecule has 4 rings (SSSR count). The lowest BCUT2D eigenvalue weighted by molar-refractivity contribution is -0.120. The summed E-state index contributed by atoms with van der Waals surface area (Å²) in [5.74, 6) is 0.760. The first kappa shape index (κ1) is 27.8. The molecule has 0 radical (unpaired) electrons. The van der Waals surface area contributed by atoms with Crippen molar-refractivity contribution in [3.05, 3.63) is 88.2 Å². The van der Waals surface area contributed by atoms with E-state index >= 15 is 0 Å². The molecule has 1 amide bonds. The minimum Gasteiger partial charge on any atom is -0.496 e. The maximum Gasteiger partial charge on any atom is 0.244 e. The molecule has 0 aliphatic heterocycles. The Morgan fingerprint density at radius 1 is 0.949 bits per heavy atom. The molecular weight excluding hydrogens is 519 g/mol. The molecule has 39 heavy (non-hydrogen) atoms. The molecule has 1 atom stereocenters. The number of hydrogen-bond acceptors (Lipinski definition) is 6. The van der Waals surface area contributed by atoms with Crippen molar-refractivity contribution in [1.82, 2.24) is 5.43 Å². The lowest BCUT2D eigenvalue weighted by Crippen LogP contribution is -2.17. The van der Waals surface area contributed by atoms with E-state index in [1.54, 1.807) is 24.5 Å². The average molecular weight is 549 g/mol. The molecule has 7 nitrogen and oxygen atoms in total. The molecule has 0 saturated heterocycles. The summed E-state index contributed by atoms with van der Waals surface area (Å²) in [5, 5.41) is 4.09. The normalized spacial score (nSPS) is 14.5. The summed E-state index contributed by atoms with van der Waals surface area (Å²) >= 11 is 0. The molecule has 3 aromatic rings. The van der Waals surface area contributed by atoms with Crippen LogP contribution in [-0.2, 0) is 15.6 Å². The van der Waals surface area contributed by atoms with E-state index in [1.165, 1.54) is 39.7 Å². The van der Waals surface area contributed by atoms with Gasteiger partial charge >= 0.3 is 0 Å². The van der Waals surface area contributed by atoms with Crippen molar-refractivity contribution in [2.75, 3.05) is 27.6 Å². The second-order valence-corrected chi connectivity index (χ2v) is 10.2. The van der Waals surface area contributed by atoms with Gasteiger partial charge in [-0.3, -0.25) is 9.00 Å². The van der Waals surface area contributed by atoms with E-state index < -0.39 is 10.8 Å². The highest BCUT2D eigenvalue weighted by molar-refractivity contribution is 7.84. The number of nitrogens with one attached hydrogen (secondary N) is 1. The number of nitrogens with zero attached hydrogens (tertiary/aromatic N) is 1. The molecule has 202 valence electrons. The maximum atomic E-state index is 14.2. The topological polar surface area (TPSA) is 86.2 Å². The number of fused-ring (bicyclic) bond motifs is 1. The number of amides is 1. The van der Waals surface area contributed by atoms with Crippen molar-refractivity contribution >= 4 is 40.1 Å². The first-order chi connectivity index (χ1) is 18.7. The molecule has 3 aromatic carbocycles. The van der Waals surface area contributed by atoms with Crippen molar-refractivity contribution in [3.63, 3.8) is 0 Å². The third kappa shape index (κ3) is 6.09. The molecule has 9 heteroatoms. The van der Waals surface area contributed by atoms with E-state index in [0.29, 0.717) is 28.4 Å². The number of ether oxygens (including phenoxy) is 3. The lowest BCUT2D eigenvalue weighted by atomic mass is 10.0. The number of benzene rings is 3. The van der Waals surface area contributed by atoms with Crippen LogP contribution >= 0.6 is 0 Å². The zero-order chi connectivity index (χ0) is 28.1. The largest absolute Gasteiger partial charge is 0.496 e. The highest BCUT2D eigenvalue weighted by Gasteiger charge is 2.25. The Kier molecular flexibility index (Phi) is 8.61. The van der Waals surface area contributed by atoms with Gasteiger partial charge in [0.2, 0.25) is 5.91 Å². The van der Waals surface area contributed by atoms with Gasteiger partial charge in [0.05, 0.1) is 34.0 Å². The van der Waals surface area contributed by atoms with Gasteiger partial charge in [-0.1, -0.05) is 18.2 Å². The summed E-state index contributed by atoms with van der Waals surface area (Å²) in [6.45, 7) is 1.92. The summed E-state index contributed by atoms with van der Waals surface area (Å²) in [6, 6.07) is 15.4. The Hall–Kier alpha value is -4.24. The van der Waals surface area contributed by atoms with Gasteiger partial charge in [0, 0.05) is 33.6 Å². The number of methoxy groups -OCH3 is 3. The standard InChI is InChI=1S/C30H29FN2O5S/c1-18-24(12-19-6-9-22(10-7-19)39(5)35)23-11-8-21(31)14-26(23)25(18)15-30(34)33-32-17-20-13-28(37-3)29(38-4)16-27(20)36-2/h6-14,16-17H,15H2,1-5H3,(H,33,34)/b24-12-,32-17-. The average Bonchev–Trinajstić information content (AvgIpc) is 3.17. The molecule has 1 N–H and O–H groups in total. The van der Waals surface area contributed by atoms with Crippen LogP contribution in [0.2, 0.25) is 0 Å². The molecule has 1 aliphatic rings. The Balaban J connectivity index is 1.58. The van der Waals surface area contributed by atoms with Gasteiger partial charge < -0.3 is 14.2 Å². The smallest absolute Gasteiger partial charge is 0.244 e. The Morgan fingerprint density at radius 3 is 2.26 bits per heavy atom. The lowest BCUT2D eigenvalue weighted by Gasteiger charge is -2.11. The van der Waals surface area contributed by atoms with E-state index in [-0.39, 0.29) is 18.1 Å². The second kappa shape index (κ2) is 12.1. The molecule has 0 fully saturated rings. The van der Waals surface area contributed by atoms with E-state index in [0.717, 1.165) is 32.7 Å². The van der Waals surface area contributed by atoms with Crippen LogP contribution in [0.15, 0.2) is 70.2 Å². The Bertz CT molecular complexity index is 1530. The fraction of sp³-hybridized carbons (Fsp3) is 0.200. The number of allylic oxidation sites excluding steroid dienone is 2. The van der Waals surface area contributed by atoms with Crippen molar-refractivity contribution in [2.24, 2.45) is 5.10 Å². The number of halogens is 1. The van der Waals surface area contributed by atoms with E-state index in [4.69, 9.17) is 14.2 Å². The van der Waals surface area contributed by atoms with Crippen molar-refractivity contribution in [1.29, 1.82) is 0 Å². The van der Waals surface area contributed by atoms with Crippen LogP contribution in [0.1, 0.15) is 35.6 Å². The summed E-state index contributed by atoms with van der Waals surface area (Å²) in [5.41, 5.74) is 8.06. The van der Waals surface area contributed by atoms with Gasteiger partial charge in [-0.15, -0.1) is 0 Å². The Labute approximate surface area is 229 Å². The molecule has 0 aromatic heterocycles. The quantitative estimate of drug-likeness (QED) is 0.284. The van der Waals surface area contributed by atoms with Gasteiger partial charge in [-0.25, -0.2) is 9.82 Å². The molecule has 0 heterocycles. The predicted molar refractivity (Wildman–Crippen MR) is 152 cm³/mol. The molecule has 1 unspecified atom stereocenters. The van der Waals surface area contributed by atoms with Gasteiger partial charge in [-0.2, -0.15) is 5.10 Å². The third-order valence-electron chi connectivity index (χ3n) is 6.44. The maximum absolute atomic E-state index is 14.2. The molecule has 0 spiro atoms. The van der Waals surface area contributed by atoms with Gasteiger partial charge in [-0.05, 0) is 76.7 Å². The van der Waals surface area contributed by atoms with Gasteiger partial charge in [0.1, 0.15) is 11.6 Å². The van der Waals surface area contributed by atoms with Crippen LogP contribution in [0.3, 0.4) is 0 Å². The number of rotatable bonds is 9.